The van der Waals surface area contributed by atoms with Gasteiger partial charge in [-0.05, 0) is 44.9 Å². The summed E-state index contributed by atoms with van der Waals surface area (Å²) in [7, 11) is 0. The highest BCUT2D eigenvalue weighted by atomic mass is 16.5. The van der Waals surface area contributed by atoms with Crippen LogP contribution in [-0.4, -0.2) is 43.8 Å². The van der Waals surface area contributed by atoms with Crippen LogP contribution >= 0.6 is 0 Å². The number of hydrogen-bond donors (Lipinski definition) is 2. The zero-order valence-corrected chi connectivity index (χ0v) is 16.8. The summed E-state index contributed by atoms with van der Waals surface area (Å²) >= 11 is 0. The molecule has 28 heavy (non-hydrogen) atoms. The van der Waals surface area contributed by atoms with Crippen LogP contribution in [0.5, 0.6) is 0 Å². The second kappa shape index (κ2) is 10.8. The molecule has 0 aromatic carbocycles. The van der Waals surface area contributed by atoms with Gasteiger partial charge in [-0.15, -0.1) is 6.58 Å². The van der Waals surface area contributed by atoms with Gasteiger partial charge in [0, 0.05) is 25.7 Å². The van der Waals surface area contributed by atoms with Crippen molar-refractivity contribution in [3.63, 3.8) is 0 Å². The maximum Gasteiger partial charge on any atom is 0.303 e. The zero-order valence-electron chi connectivity index (χ0n) is 16.8. The highest BCUT2D eigenvalue weighted by molar-refractivity contribution is 5.81. The molecule has 1 aliphatic carbocycles. The van der Waals surface area contributed by atoms with Crippen LogP contribution in [0.4, 0.5) is 5.82 Å². The van der Waals surface area contributed by atoms with Gasteiger partial charge >= 0.3 is 5.97 Å². The molecule has 1 aliphatic rings. The van der Waals surface area contributed by atoms with E-state index in [0.717, 1.165) is 43.7 Å². The largest absolute Gasteiger partial charge is 0.481 e. The first-order chi connectivity index (χ1) is 13.4. The van der Waals surface area contributed by atoms with Gasteiger partial charge < -0.3 is 20.1 Å². The van der Waals surface area contributed by atoms with Gasteiger partial charge in [-0.3, -0.25) is 4.79 Å². The van der Waals surface area contributed by atoms with Crippen molar-refractivity contribution in [3.8, 4) is 0 Å². The van der Waals surface area contributed by atoms with Gasteiger partial charge in [0.25, 0.3) is 0 Å². The Morgan fingerprint density at radius 2 is 2.14 bits per heavy atom. The predicted octanol–water partition coefficient (Wildman–Crippen LogP) is 3.60. The number of ether oxygens (including phenoxy) is 1. The summed E-state index contributed by atoms with van der Waals surface area (Å²) in [5.74, 6) is 0.339. The number of anilines is 1. The van der Waals surface area contributed by atoms with Crippen molar-refractivity contribution in [1.82, 2.24) is 19.5 Å². The van der Waals surface area contributed by atoms with E-state index < -0.39 is 5.97 Å². The second-order valence-corrected chi connectivity index (χ2v) is 7.34. The van der Waals surface area contributed by atoms with Crippen molar-refractivity contribution in [2.75, 3.05) is 18.9 Å². The molecule has 0 radical (unpaired) electrons. The summed E-state index contributed by atoms with van der Waals surface area (Å²) < 4.78 is 7.81. The molecule has 0 aliphatic heterocycles. The molecule has 8 heteroatoms. The van der Waals surface area contributed by atoms with Gasteiger partial charge in [-0.1, -0.05) is 12.5 Å². The number of aliphatic carboxylic acids is 1. The van der Waals surface area contributed by atoms with E-state index in [1.807, 2.05) is 13.3 Å². The number of hydrogen-bond acceptors (Lipinski definition) is 6. The molecule has 2 atom stereocenters. The molecule has 8 nitrogen and oxygen atoms in total. The summed E-state index contributed by atoms with van der Waals surface area (Å²) in [5.41, 5.74) is 8.30. The monoisotopic (exact) mass is 389 g/mol. The van der Waals surface area contributed by atoms with Crippen molar-refractivity contribution < 1.29 is 14.6 Å². The summed E-state index contributed by atoms with van der Waals surface area (Å²) in [5, 5.41) is 8.12. The number of carboxylic acid groups (broad SMARTS) is 1. The molecule has 0 saturated heterocycles. The van der Waals surface area contributed by atoms with E-state index in [4.69, 9.17) is 15.6 Å². The van der Waals surface area contributed by atoms with E-state index in [-0.39, 0.29) is 6.42 Å². The molecular formula is C20H31N5O3. The maximum atomic E-state index is 9.86. The Kier molecular flexibility index (Phi) is 8.38. The Labute approximate surface area is 165 Å². The number of nitrogens with two attached hydrogens (primary N) is 1. The molecule has 3 rings (SSSR count). The Bertz CT molecular complexity index is 775. The summed E-state index contributed by atoms with van der Waals surface area (Å²) in [6, 6.07) is 0.449. The summed E-state index contributed by atoms with van der Waals surface area (Å²) in [6.07, 6.45) is 8.70. The van der Waals surface area contributed by atoms with Crippen LogP contribution in [0.2, 0.25) is 0 Å². The fourth-order valence-electron chi connectivity index (χ4n) is 3.30. The van der Waals surface area contributed by atoms with Crippen LogP contribution in [-0.2, 0) is 9.53 Å². The third-order valence-electron chi connectivity index (χ3n) is 4.76. The van der Waals surface area contributed by atoms with Crippen LogP contribution in [0, 0.1) is 5.92 Å². The lowest BCUT2D eigenvalue weighted by atomic mass is 10.1. The van der Waals surface area contributed by atoms with E-state index in [1.165, 1.54) is 12.7 Å². The lowest BCUT2D eigenvalue weighted by Crippen LogP contribution is -2.09. The predicted molar refractivity (Wildman–Crippen MR) is 109 cm³/mol. The maximum absolute atomic E-state index is 9.86. The summed E-state index contributed by atoms with van der Waals surface area (Å²) in [6.45, 7) is 9.25. The minimum Gasteiger partial charge on any atom is -0.481 e. The molecule has 2 heterocycles. The molecule has 154 valence electrons. The fraction of sp³-hybridized carbons (Fsp3) is 0.600. The van der Waals surface area contributed by atoms with Gasteiger partial charge in [-0.2, -0.15) is 0 Å². The Balaban J connectivity index is 0.000000300. The Hall–Kier alpha value is -2.48. The molecule has 0 bridgehead atoms. The Morgan fingerprint density at radius 3 is 2.79 bits per heavy atom. The number of carboxylic acids is 1. The van der Waals surface area contributed by atoms with Crippen molar-refractivity contribution in [3.05, 3.63) is 24.8 Å². The topological polar surface area (TPSA) is 116 Å². The van der Waals surface area contributed by atoms with Gasteiger partial charge in [-0.25, -0.2) is 15.0 Å². The quantitative estimate of drug-likeness (QED) is 0.523. The lowest BCUT2D eigenvalue weighted by molar-refractivity contribution is -0.136. The normalized spacial score (nSPS) is 18.6. The second-order valence-electron chi connectivity index (χ2n) is 7.34. The van der Waals surface area contributed by atoms with E-state index in [2.05, 4.69) is 33.0 Å². The first-order valence-electron chi connectivity index (χ1n) is 9.79. The van der Waals surface area contributed by atoms with E-state index >= 15 is 0 Å². The Morgan fingerprint density at radius 1 is 1.36 bits per heavy atom. The van der Waals surface area contributed by atoms with Crippen molar-refractivity contribution in [2.45, 2.75) is 58.4 Å². The van der Waals surface area contributed by atoms with E-state index in [9.17, 15) is 4.79 Å². The number of rotatable bonds is 8. The number of aromatic nitrogens is 4. The fourth-order valence-corrected chi connectivity index (χ4v) is 3.30. The molecular weight excluding hydrogens is 358 g/mol. The number of imidazole rings is 1. The minimum atomic E-state index is -0.756. The molecule has 2 aromatic heterocycles. The van der Waals surface area contributed by atoms with Crippen LogP contribution in [0.3, 0.4) is 0 Å². The third-order valence-corrected chi connectivity index (χ3v) is 4.76. The molecule has 0 spiro atoms. The SMILES string of the molecule is C=C(C)CCC(=O)O.CCCOCC1CCC(n2cnc3c(N)ncnc32)C1. The highest BCUT2D eigenvalue weighted by Crippen LogP contribution is 2.36. The average Bonchev–Trinajstić information content (AvgIpc) is 3.28. The van der Waals surface area contributed by atoms with E-state index in [0.29, 0.717) is 29.7 Å². The molecule has 0 amide bonds. The van der Waals surface area contributed by atoms with Crippen LogP contribution in [0.1, 0.15) is 58.4 Å². The van der Waals surface area contributed by atoms with Crippen molar-refractivity contribution >= 4 is 23.0 Å². The molecule has 2 aromatic rings. The van der Waals surface area contributed by atoms with Crippen LogP contribution < -0.4 is 5.73 Å². The number of nitrogens with zero attached hydrogens (tertiary/aromatic N) is 4. The van der Waals surface area contributed by atoms with E-state index in [1.54, 1.807) is 0 Å². The van der Waals surface area contributed by atoms with Gasteiger partial charge in [0.05, 0.1) is 6.33 Å². The number of allylic oxidation sites excluding steroid dienone is 1. The van der Waals surface area contributed by atoms with Crippen LogP contribution in [0.15, 0.2) is 24.8 Å². The van der Waals surface area contributed by atoms with Crippen molar-refractivity contribution in [1.29, 1.82) is 0 Å². The first kappa shape index (κ1) is 21.8. The smallest absolute Gasteiger partial charge is 0.303 e. The average molecular weight is 390 g/mol. The third kappa shape index (κ3) is 6.30. The zero-order chi connectivity index (χ0) is 20.5. The van der Waals surface area contributed by atoms with Crippen LogP contribution in [0.25, 0.3) is 11.2 Å². The molecule has 2 unspecified atom stereocenters. The van der Waals surface area contributed by atoms with Gasteiger partial charge in [0.1, 0.15) is 11.8 Å². The lowest BCUT2D eigenvalue weighted by Gasteiger charge is -2.13. The summed E-state index contributed by atoms with van der Waals surface area (Å²) in [4.78, 5) is 22.5. The van der Waals surface area contributed by atoms with Gasteiger partial charge in [0.15, 0.2) is 11.5 Å². The standard InChI is InChI=1S/C14H21N5O.C6H10O2/c1-2-5-20-7-10-3-4-11(6-10)19-9-18-12-13(15)16-8-17-14(12)19;1-5(2)3-4-6(7)8/h8-11H,2-7H2,1H3,(H2,15,16,17);1,3-4H2,2H3,(H,7,8). The molecule has 1 fully saturated rings. The minimum absolute atomic E-state index is 0.204. The molecule has 1 saturated carbocycles. The molecule has 3 N–H and O–H groups in total. The van der Waals surface area contributed by atoms with Crippen molar-refractivity contribution in [2.24, 2.45) is 5.92 Å². The number of carbonyl (C=O) groups is 1. The number of fused-ring (bicyclic) bond motifs is 1. The highest BCUT2D eigenvalue weighted by Gasteiger charge is 2.27. The van der Waals surface area contributed by atoms with Gasteiger partial charge in [0.2, 0.25) is 0 Å². The first-order valence-corrected chi connectivity index (χ1v) is 9.79. The number of nitrogen functional groups attached to an aromatic ring is 1.